The quantitative estimate of drug-likeness (QED) is 0.868. The van der Waals surface area contributed by atoms with E-state index in [1.807, 2.05) is 47.5 Å². The molecule has 0 bridgehead atoms. The molecule has 0 saturated carbocycles. The second-order valence-corrected chi connectivity index (χ2v) is 5.03. The van der Waals surface area contributed by atoms with Crippen LogP contribution in [-0.4, -0.2) is 28.2 Å². The van der Waals surface area contributed by atoms with Crippen LogP contribution >= 0.6 is 11.3 Å². The van der Waals surface area contributed by atoms with E-state index in [-0.39, 0.29) is 18.6 Å². The maximum absolute atomic E-state index is 12.1. The van der Waals surface area contributed by atoms with Gasteiger partial charge in [0.15, 0.2) is 0 Å². The molecule has 2 N–H and O–H groups in total. The summed E-state index contributed by atoms with van der Waals surface area (Å²) in [5.74, 6) is -0.0883. The highest BCUT2D eigenvalue weighted by Crippen LogP contribution is 2.21. The van der Waals surface area contributed by atoms with E-state index in [1.54, 1.807) is 0 Å². The first kappa shape index (κ1) is 12.9. The molecule has 1 atom stereocenters. The molecule has 2 rings (SSSR count). The lowest BCUT2D eigenvalue weighted by Gasteiger charge is -2.12. The fourth-order valence-corrected chi connectivity index (χ4v) is 2.52. The summed E-state index contributed by atoms with van der Waals surface area (Å²) in [4.78, 5) is 12.8. The summed E-state index contributed by atoms with van der Waals surface area (Å²) in [5.41, 5.74) is 0.888. The average molecular weight is 264 g/mol. The molecule has 0 aromatic carbocycles. The maximum Gasteiger partial charge on any atom is 0.263 e. The number of thiophene rings is 1. The van der Waals surface area contributed by atoms with Crippen LogP contribution in [0.5, 0.6) is 0 Å². The van der Waals surface area contributed by atoms with Gasteiger partial charge in [-0.05, 0) is 36.9 Å². The van der Waals surface area contributed by atoms with Crippen molar-refractivity contribution in [1.82, 2.24) is 9.88 Å². The molecule has 0 aliphatic carbocycles. The number of carbonyl (C=O) groups is 1. The first-order chi connectivity index (χ1) is 8.72. The van der Waals surface area contributed by atoms with Crippen molar-refractivity contribution in [2.75, 3.05) is 6.61 Å². The third-order valence-corrected chi connectivity index (χ3v) is 3.58. The first-order valence-corrected chi connectivity index (χ1v) is 6.73. The molecule has 1 amide bonds. The number of aromatic nitrogens is 1. The Hall–Kier alpha value is -1.59. The molecule has 1 unspecified atom stereocenters. The third-order valence-electron chi connectivity index (χ3n) is 2.67. The molecular weight excluding hydrogens is 248 g/mol. The van der Waals surface area contributed by atoms with Gasteiger partial charge in [-0.2, -0.15) is 0 Å². The molecule has 4 nitrogen and oxygen atoms in total. The summed E-state index contributed by atoms with van der Waals surface area (Å²) in [7, 11) is 0. The Bertz CT molecular complexity index is 505. The van der Waals surface area contributed by atoms with Gasteiger partial charge in [0.05, 0.1) is 5.69 Å². The van der Waals surface area contributed by atoms with Crippen molar-refractivity contribution in [1.29, 1.82) is 0 Å². The molecule has 2 aromatic rings. The van der Waals surface area contributed by atoms with Crippen molar-refractivity contribution < 1.29 is 9.90 Å². The number of rotatable bonds is 5. The summed E-state index contributed by atoms with van der Waals surface area (Å²) in [5, 5.41) is 13.6. The molecule has 96 valence electrons. The molecule has 0 aliphatic rings. The van der Waals surface area contributed by atoms with E-state index in [0.29, 0.717) is 11.3 Å². The second-order valence-electron chi connectivity index (χ2n) is 4.11. The molecule has 0 fully saturated rings. The highest BCUT2D eigenvalue weighted by atomic mass is 32.1. The van der Waals surface area contributed by atoms with Gasteiger partial charge in [-0.15, -0.1) is 11.3 Å². The van der Waals surface area contributed by atoms with Gasteiger partial charge >= 0.3 is 0 Å². The zero-order chi connectivity index (χ0) is 13.0. The van der Waals surface area contributed by atoms with Crippen LogP contribution in [0.15, 0.2) is 36.0 Å². The van der Waals surface area contributed by atoms with E-state index in [1.165, 1.54) is 11.3 Å². The Balaban J connectivity index is 2.14. The summed E-state index contributed by atoms with van der Waals surface area (Å²) in [6, 6.07) is 5.75. The number of aliphatic hydroxyl groups is 1. The minimum absolute atomic E-state index is 0.0258. The van der Waals surface area contributed by atoms with Crippen LogP contribution < -0.4 is 5.32 Å². The fraction of sp³-hybridized carbons (Fsp3) is 0.308. The van der Waals surface area contributed by atoms with Crippen LogP contribution in [0.1, 0.15) is 23.0 Å². The second kappa shape index (κ2) is 5.84. The van der Waals surface area contributed by atoms with Crippen molar-refractivity contribution in [2.45, 2.75) is 19.4 Å². The third kappa shape index (κ3) is 2.80. The zero-order valence-corrected chi connectivity index (χ0v) is 11.0. The van der Waals surface area contributed by atoms with Gasteiger partial charge in [0.25, 0.3) is 5.91 Å². The standard InChI is InChI=1S/C13H16N2O2S/c1-10(4-8-16)14-13(17)12-11(5-9-18-12)15-6-2-3-7-15/h2-3,5-7,9-10,16H,4,8H2,1H3,(H,14,17). The Kier molecular flexibility index (Phi) is 4.17. The summed E-state index contributed by atoms with van der Waals surface area (Å²) >= 11 is 1.42. The lowest BCUT2D eigenvalue weighted by atomic mass is 10.2. The Labute approximate surface area is 110 Å². The van der Waals surface area contributed by atoms with Gasteiger partial charge in [0, 0.05) is 25.0 Å². The van der Waals surface area contributed by atoms with Crippen molar-refractivity contribution in [3.05, 3.63) is 40.8 Å². The molecule has 2 heterocycles. The summed E-state index contributed by atoms with van der Waals surface area (Å²) in [6.45, 7) is 1.97. The Morgan fingerprint density at radius 3 is 2.89 bits per heavy atom. The highest BCUT2D eigenvalue weighted by molar-refractivity contribution is 7.12. The lowest BCUT2D eigenvalue weighted by molar-refractivity contribution is 0.0938. The minimum atomic E-state index is -0.0883. The lowest BCUT2D eigenvalue weighted by Crippen LogP contribution is -2.33. The topological polar surface area (TPSA) is 54.3 Å². The SMILES string of the molecule is CC(CCO)NC(=O)c1sccc1-n1cccc1. The predicted octanol–water partition coefficient (Wildman–Crippen LogP) is 2.04. The van der Waals surface area contributed by atoms with Crippen LogP contribution in [0, 0.1) is 0 Å². The van der Waals surface area contributed by atoms with Crippen LogP contribution in [0.25, 0.3) is 5.69 Å². The van der Waals surface area contributed by atoms with Crippen LogP contribution in [0.2, 0.25) is 0 Å². The number of carbonyl (C=O) groups excluding carboxylic acids is 1. The Morgan fingerprint density at radius 2 is 2.22 bits per heavy atom. The van der Waals surface area contributed by atoms with Gasteiger partial charge in [-0.25, -0.2) is 0 Å². The van der Waals surface area contributed by atoms with Gasteiger partial charge in [-0.1, -0.05) is 0 Å². The van der Waals surface area contributed by atoms with Crippen molar-refractivity contribution in [3.8, 4) is 5.69 Å². The van der Waals surface area contributed by atoms with E-state index in [2.05, 4.69) is 5.32 Å². The minimum Gasteiger partial charge on any atom is -0.396 e. The first-order valence-electron chi connectivity index (χ1n) is 5.85. The van der Waals surface area contributed by atoms with Gasteiger partial charge in [0.1, 0.15) is 4.88 Å². The molecule has 0 radical (unpaired) electrons. The Morgan fingerprint density at radius 1 is 1.50 bits per heavy atom. The number of nitrogens with zero attached hydrogens (tertiary/aromatic N) is 1. The van der Waals surface area contributed by atoms with Crippen LogP contribution in [0.3, 0.4) is 0 Å². The predicted molar refractivity (Wildman–Crippen MR) is 72.3 cm³/mol. The number of aliphatic hydroxyl groups excluding tert-OH is 1. The number of amides is 1. The van der Waals surface area contributed by atoms with Crippen molar-refractivity contribution in [2.24, 2.45) is 0 Å². The monoisotopic (exact) mass is 264 g/mol. The van der Waals surface area contributed by atoms with Gasteiger partial charge in [0.2, 0.25) is 0 Å². The number of hydrogen-bond acceptors (Lipinski definition) is 3. The molecule has 2 aromatic heterocycles. The smallest absolute Gasteiger partial charge is 0.263 e. The summed E-state index contributed by atoms with van der Waals surface area (Å²) < 4.78 is 1.92. The van der Waals surface area contributed by atoms with E-state index >= 15 is 0 Å². The van der Waals surface area contributed by atoms with E-state index in [4.69, 9.17) is 5.11 Å². The number of nitrogens with one attached hydrogen (secondary N) is 1. The molecule has 0 saturated heterocycles. The normalized spacial score (nSPS) is 12.3. The van der Waals surface area contributed by atoms with Crippen molar-refractivity contribution >= 4 is 17.2 Å². The van der Waals surface area contributed by atoms with Gasteiger partial charge < -0.3 is 15.0 Å². The van der Waals surface area contributed by atoms with Crippen LogP contribution in [-0.2, 0) is 0 Å². The fourth-order valence-electron chi connectivity index (χ4n) is 1.73. The maximum atomic E-state index is 12.1. The van der Waals surface area contributed by atoms with E-state index in [9.17, 15) is 4.79 Å². The van der Waals surface area contributed by atoms with E-state index < -0.39 is 0 Å². The molecule has 18 heavy (non-hydrogen) atoms. The van der Waals surface area contributed by atoms with E-state index in [0.717, 1.165) is 5.69 Å². The average Bonchev–Trinajstić information content (AvgIpc) is 3.00. The molecule has 5 heteroatoms. The largest absolute Gasteiger partial charge is 0.396 e. The van der Waals surface area contributed by atoms with Gasteiger partial charge in [-0.3, -0.25) is 4.79 Å². The summed E-state index contributed by atoms with van der Waals surface area (Å²) in [6.07, 6.45) is 4.39. The molecular formula is C13H16N2O2S. The van der Waals surface area contributed by atoms with Crippen molar-refractivity contribution in [3.63, 3.8) is 0 Å². The molecule has 0 aliphatic heterocycles. The highest BCUT2D eigenvalue weighted by Gasteiger charge is 2.15. The molecule has 0 spiro atoms. The zero-order valence-electron chi connectivity index (χ0n) is 10.2. The van der Waals surface area contributed by atoms with Crippen LogP contribution in [0.4, 0.5) is 0 Å². The number of hydrogen-bond donors (Lipinski definition) is 2.